The van der Waals surface area contributed by atoms with E-state index in [0.29, 0.717) is 10.1 Å². The van der Waals surface area contributed by atoms with E-state index in [2.05, 4.69) is 25.9 Å². The summed E-state index contributed by atoms with van der Waals surface area (Å²) in [7, 11) is 0. The second-order valence-corrected chi connectivity index (χ2v) is 3.82. The van der Waals surface area contributed by atoms with E-state index < -0.39 is 5.97 Å². The van der Waals surface area contributed by atoms with Crippen molar-refractivity contribution in [2.75, 3.05) is 0 Å². The normalized spacial score (nSPS) is 10.7. The number of H-pyrrole nitrogens is 1. The third kappa shape index (κ3) is 1.39. The van der Waals surface area contributed by atoms with E-state index in [0.717, 1.165) is 11.1 Å². The van der Waals surface area contributed by atoms with Gasteiger partial charge < -0.3 is 10.1 Å². The Kier molecular flexibility index (Phi) is 2.03. The number of rotatable bonds is 1. The first-order valence-corrected chi connectivity index (χ1v) is 4.76. The van der Waals surface area contributed by atoms with Crippen LogP contribution in [-0.4, -0.2) is 21.0 Å². The van der Waals surface area contributed by atoms with Crippen molar-refractivity contribution in [3.63, 3.8) is 0 Å². The molecule has 0 aliphatic heterocycles. The van der Waals surface area contributed by atoms with Crippen LogP contribution in [0.1, 0.15) is 16.1 Å². The molecule has 0 atom stereocenters. The van der Waals surface area contributed by atoms with Crippen molar-refractivity contribution in [1.29, 1.82) is 0 Å². The van der Waals surface area contributed by atoms with Gasteiger partial charge in [0.2, 0.25) is 0 Å². The van der Waals surface area contributed by atoms with E-state index in [1.165, 1.54) is 6.07 Å². The summed E-state index contributed by atoms with van der Waals surface area (Å²) in [4.78, 5) is 17.7. The number of hydrogen-bond acceptors (Lipinski definition) is 2. The molecule has 0 aromatic carbocycles. The highest BCUT2D eigenvalue weighted by molar-refractivity contribution is 9.10. The minimum atomic E-state index is -0.974. The Morgan fingerprint density at radius 2 is 2.29 bits per heavy atom. The summed E-state index contributed by atoms with van der Waals surface area (Å²) in [5.41, 5.74) is 2.56. The number of aromatic amines is 1. The van der Waals surface area contributed by atoms with Crippen molar-refractivity contribution >= 4 is 32.9 Å². The van der Waals surface area contributed by atoms with Gasteiger partial charge in [0, 0.05) is 0 Å². The van der Waals surface area contributed by atoms with Crippen molar-refractivity contribution < 1.29 is 9.90 Å². The second kappa shape index (κ2) is 3.09. The van der Waals surface area contributed by atoms with Crippen LogP contribution in [0, 0.1) is 6.92 Å². The zero-order valence-corrected chi connectivity index (χ0v) is 8.92. The molecule has 2 rings (SSSR count). The molecule has 2 heterocycles. The number of nitrogens with zero attached hydrogens (tertiary/aromatic N) is 1. The molecule has 2 aromatic heterocycles. The lowest BCUT2D eigenvalue weighted by Gasteiger charge is -1.95. The Morgan fingerprint density at radius 3 is 2.93 bits per heavy atom. The molecule has 14 heavy (non-hydrogen) atoms. The number of carboxylic acid groups (broad SMARTS) is 1. The van der Waals surface area contributed by atoms with Gasteiger partial charge in [-0.3, -0.25) is 0 Å². The highest BCUT2D eigenvalue weighted by Crippen LogP contribution is 2.20. The number of carbonyl (C=O) groups is 1. The van der Waals surface area contributed by atoms with Gasteiger partial charge in [0.1, 0.15) is 10.3 Å². The first-order chi connectivity index (χ1) is 6.58. The molecule has 0 fully saturated rings. The quantitative estimate of drug-likeness (QED) is 0.768. The fourth-order valence-corrected chi connectivity index (χ4v) is 1.88. The van der Waals surface area contributed by atoms with Gasteiger partial charge in [-0.2, -0.15) is 0 Å². The van der Waals surface area contributed by atoms with Crippen molar-refractivity contribution in [2.45, 2.75) is 6.92 Å². The maximum atomic E-state index is 10.7. The fourth-order valence-electron chi connectivity index (χ4n) is 1.35. The number of carboxylic acids is 1. The molecule has 0 amide bonds. The third-order valence-electron chi connectivity index (χ3n) is 1.98. The van der Waals surface area contributed by atoms with Crippen molar-refractivity contribution in [3.05, 3.63) is 28.0 Å². The summed E-state index contributed by atoms with van der Waals surface area (Å²) in [6.45, 7) is 1.90. The Labute approximate surface area is 88.1 Å². The van der Waals surface area contributed by atoms with Crippen LogP contribution in [0.15, 0.2) is 16.7 Å². The maximum Gasteiger partial charge on any atom is 0.352 e. The number of aromatic carboxylic acids is 1. The van der Waals surface area contributed by atoms with Gasteiger partial charge in [0.05, 0.1) is 11.0 Å². The lowest BCUT2D eigenvalue weighted by atomic mass is 10.2. The summed E-state index contributed by atoms with van der Waals surface area (Å²) in [6.07, 6.45) is 0. The maximum absolute atomic E-state index is 10.7. The summed E-state index contributed by atoms with van der Waals surface area (Å²) in [5, 5.41) is 8.78. The van der Waals surface area contributed by atoms with E-state index in [4.69, 9.17) is 5.11 Å². The zero-order valence-electron chi connectivity index (χ0n) is 7.34. The fraction of sp³-hybridized carbons (Fsp3) is 0.111. The van der Waals surface area contributed by atoms with Crippen LogP contribution in [0.2, 0.25) is 0 Å². The molecular weight excluding hydrogens is 248 g/mol. The third-order valence-corrected chi connectivity index (χ3v) is 2.39. The van der Waals surface area contributed by atoms with Gasteiger partial charge >= 0.3 is 5.97 Å². The van der Waals surface area contributed by atoms with Gasteiger partial charge in [-0.25, -0.2) is 9.78 Å². The number of halogens is 1. The predicted molar refractivity (Wildman–Crippen MR) is 55.5 cm³/mol. The van der Waals surface area contributed by atoms with Gasteiger partial charge in [-0.1, -0.05) is 0 Å². The number of aryl methyl sites for hydroxylation is 1. The SMILES string of the molecule is Cc1cc(Br)nc2cc(C(=O)O)[nH]c12. The van der Waals surface area contributed by atoms with Crippen LogP contribution in [0.5, 0.6) is 0 Å². The van der Waals surface area contributed by atoms with E-state index in [-0.39, 0.29) is 5.69 Å². The van der Waals surface area contributed by atoms with E-state index in [1.54, 1.807) is 0 Å². The summed E-state index contributed by atoms with van der Waals surface area (Å²) < 4.78 is 0.707. The van der Waals surface area contributed by atoms with Crippen LogP contribution in [0.4, 0.5) is 0 Å². The van der Waals surface area contributed by atoms with Crippen LogP contribution in [0.25, 0.3) is 11.0 Å². The molecule has 0 spiro atoms. The minimum Gasteiger partial charge on any atom is -0.477 e. The number of fused-ring (bicyclic) bond motifs is 1. The first kappa shape index (κ1) is 9.21. The molecule has 2 aromatic rings. The molecule has 0 aliphatic rings. The van der Waals surface area contributed by atoms with Crippen molar-refractivity contribution in [3.8, 4) is 0 Å². The Morgan fingerprint density at radius 1 is 1.57 bits per heavy atom. The summed E-state index contributed by atoms with van der Waals surface area (Å²) in [6, 6.07) is 3.36. The highest BCUT2D eigenvalue weighted by Gasteiger charge is 2.10. The van der Waals surface area contributed by atoms with Crippen LogP contribution in [0.3, 0.4) is 0 Å². The Bertz CT molecular complexity index is 519. The number of hydrogen-bond donors (Lipinski definition) is 2. The highest BCUT2D eigenvalue weighted by atomic mass is 79.9. The lowest BCUT2D eigenvalue weighted by molar-refractivity contribution is 0.0691. The Hall–Kier alpha value is -1.36. The lowest BCUT2D eigenvalue weighted by Crippen LogP contribution is -1.94. The smallest absolute Gasteiger partial charge is 0.352 e. The molecule has 0 aliphatic carbocycles. The Balaban J connectivity index is 2.76. The molecule has 0 unspecified atom stereocenters. The van der Waals surface area contributed by atoms with Gasteiger partial charge in [0.15, 0.2) is 0 Å². The molecule has 72 valence electrons. The van der Waals surface area contributed by atoms with Gasteiger partial charge in [-0.05, 0) is 40.5 Å². The summed E-state index contributed by atoms with van der Waals surface area (Å²) in [5.74, 6) is -0.974. The standard InChI is InChI=1S/C9H7BrN2O2/c1-4-2-7(10)11-5-3-6(9(13)14)12-8(4)5/h2-3,12H,1H3,(H,13,14). The summed E-state index contributed by atoms with van der Waals surface area (Å²) >= 11 is 3.26. The average molecular weight is 255 g/mol. The predicted octanol–water partition coefficient (Wildman–Crippen LogP) is 2.33. The van der Waals surface area contributed by atoms with Gasteiger partial charge in [0.25, 0.3) is 0 Å². The van der Waals surface area contributed by atoms with E-state index in [9.17, 15) is 4.79 Å². The number of pyridine rings is 1. The van der Waals surface area contributed by atoms with Crippen LogP contribution < -0.4 is 0 Å². The van der Waals surface area contributed by atoms with E-state index >= 15 is 0 Å². The topological polar surface area (TPSA) is 66.0 Å². The van der Waals surface area contributed by atoms with Crippen molar-refractivity contribution in [2.24, 2.45) is 0 Å². The van der Waals surface area contributed by atoms with Crippen LogP contribution in [-0.2, 0) is 0 Å². The largest absolute Gasteiger partial charge is 0.477 e. The molecule has 2 N–H and O–H groups in total. The van der Waals surface area contributed by atoms with E-state index in [1.807, 2.05) is 13.0 Å². The van der Waals surface area contributed by atoms with Gasteiger partial charge in [-0.15, -0.1) is 0 Å². The molecule has 0 saturated carbocycles. The monoisotopic (exact) mass is 254 g/mol. The molecule has 0 bridgehead atoms. The first-order valence-electron chi connectivity index (χ1n) is 3.97. The zero-order chi connectivity index (χ0) is 10.3. The molecule has 0 radical (unpaired) electrons. The minimum absolute atomic E-state index is 0.161. The average Bonchev–Trinajstić information content (AvgIpc) is 2.47. The number of nitrogens with one attached hydrogen (secondary N) is 1. The molecule has 0 saturated heterocycles. The molecular formula is C9H7BrN2O2. The van der Waals surface area contributed by atoms with Crippen molar-refractivity contribution in [1.82, 2.24) is 9.97 Å². The second-order valence-electron chi connectivity index (χ2n) is 3.01. The van der Waals surface area contributed by atoms with Crippen LogP contribution >= 0.6 is 15.9 Å². The molecule has 5 heteroatoms. The molecule has 4 nitrogen and oxygen atoms in total. The number of aromatic nitrogens is 2.